The first-order valence-corrected chi connectivity index (χ1v) is 8.04. The lowest BCUT2D eigenvalue weighted by atomic mass is 10.0. The maximum absolute atomic E-state index is 13.2. The fourth-order valence-electron chi connectivity index (χ4n) is 2.19. The van der Waals surface area contributed by atoms with E-state index in [-0.39, 0.29) is 23.9 Å². The topological polar surface area (TPSA) is 42.4 Å². The fourth-order valence-corrected chi connectivity index (χ4v) is 2.27. The molecule has 0 aliphatic carbocycles. The minimum Gasteiger partial charge on any atom is -0.487 e. The zero-order valence-corrected chi connectivity index (χ0v) is 14.5. The summed E-state index contributed by atoms with van der Waals surface area (Å²) in [6.45, 7) is 5.27. The molecule has 0 radical (unpaired) electrons. The summed E-state index contributed by atoms with van der Waals surface area (Å²) in [5.41, 5.74) is 0.733. The fraction of sp³-hybridized carbons (Fsp3) is 0.278. The molecule has 0 fully saturated rings. The van der Waals surface area contributed by atoms with Gasteiger partial charge in [-0.15, -0.1) is 11.6 Å². The van der Waals surface area contributed by atoms with E-state index in [4.69, 9.17) is 16.3 Å². The van der Waals surface area contributed by atoms with E-state index in [0.29, 0.717) is 16.7 Å². The number of pyridine rings is 1. The number of benzene rings is 1. The number of hydrogen-bond donors (Lipinski definition) is 1. The Bertz CT molecular complexity index is 791. The van der Waals surface area contributed by atoms with Crippen molar-refractivity contribution in [1.82, 2.24) is 4.98 Å². The van der Waals surface area contributed by atoms with Gasteiger partial charge < -0.3 is 9.84 Å². The smallest absolute Gasteiger partial charge is 0.420 e. The first-order valence-electron chi connectivity index (χ1n) is 7.51. The van der Waals surface area contributed by atoms with Gasteiger partial charge in [0, 0.05) is 11.4 Å². The van der Waals surface area contributed by atoms with Crippen LogP contribution in [0.4, 0.5) is 17.6 Å². The summed E-state index contributed by atoms with van der Waals surface area (Å²) in [5.74, 6) is -0.139. The highest BCUT2D eigenvalue weighted by molar-refractivity contribution is 6.19. The number of nitrogens with zero attached hydrogens (tertiary/aromatic N) is 1. The number of hydrogen-bond acceptors (Lipinski definition) is 3. The lowest BCUT2D eigenvalue weighted by Crippen LogP contribution is -2.21. The van der Waals surface area contributed by atoms with E-state index in [2.05, 4.69) is 11.6 Å². The molecule has 1 unspecified atom stereocenters. The summed E-state index contributed by atoms with van der Waals surface area (Å²) in [6, 6.07) is 6.14. The number of aryl methyl sites for hydroxylation is 1. The van der Waals surface area contributed by atoms with Crippen molar-refractivity contribution in [3.05, 3.63) is 59.6 Å². The summed E-state index contributed by atoms with van der Waals surface area (Å²) in [7, 11) is 0. The minimum atomic E-state index is -4.87. The number of alkyl halides is 4. The lowest BCUT2D eigenvalue weighted by Gasteiger charge is -2.19. The highest BCUT2D eigenvalue weighted by Crippen LogP contribution is 2.37. The summed E-state index contributed by atoms with van der Waals surface area (Å²) in [5, 5.41) is 9.52. The highest BCUT2D eigenvalue weighted by atomic mass is 35.5. The van der Waals surface area contributed by atoms with Gasteiger partial charge in [-0.3, -0.25) is 0 Å². The minimum absolute atomic E-state index is 0.0430. The largest absolute Gasteiger partial charge is 0.487 e. The second-order valence-electron chi connectivity index (χ2n) is 5.67. The van der Waals surface area contributed by atoms with E-state index >= 15 is 0 Å². The van der Waals surface area contributed by atoms with E-state index in [1.165, 1.54) is 19.1 Å². The molecular weight excluding hydrogens is 374 g/mol. The molecule has 1 aromatic carbocycles. The summed E-state index contributed by atoms with van der Waals surface area (Å²) in [6.07, 6.45) is -7.61. The number of aliphatic hydroxyl groups is 1. The van der Waals surface area contributed by atoms with E-state index in [1.807, 2.05) is 0 Å². The summed E-state index contributed by atoms with van der Waals surface area (Å²) in [4.78, 5) is 3.92. The molecule has 0 spiro atoms. The van der Waals surface area contributed by atoms with Gasteiger partial charge in [-0.1, -0.05) is 6.58 Å². The molecule has 140 valence electrons. The Balaban J connectivity index is 2.55. The van der Waals surface area contributed by atoms with Crippen molar-refractivity contribution < 1.29 is 27.4 Å². The van der Waals surface area contributed by atoms with Crippen molar-refractivity contribution in [3.8, 4) is 17.0 Å². The maximum Gasteiger partial charge on any atom is 0.420 e. The molecule has 2 rings (SSSR count). The van der Waals surface area contributed by atoms with Gasteiger partial charge in [0.1, 0.15) is 23.9 Å². The van der Waals surface area contributed by atoms with Gasteiger partial charge in [0.25, 0.3) is 0 Å². The van der Waals surface area contributed by atoms with Gasteiger partial charge in [0.2, 0.25) is 0 Å². The van der Waals surface area contributed by atoms with Gasteiger partial charge in [0.15, 0.2) is 6.10 Å². The second kappa shape index (κ2) is 8.05. The van der Waals surface area contributed by atoms with Crippen LogP contribution in [0.5, 0.6) is 5.75 Å². The molecule has 0 saturated carbocycles. The Morgan fingerprint density at radius 2 is 1.92 bits per heavy atom. The number of aliphatic hydroxyl groups excluding tert-OH is 1. The van der Waals surface area contributed by atoms with Crippen LogP contribution in [0.25, 0.3) is 11.3 Å². The Hall–Kier alpha value is -2.12. The Morgan fingerprint density at radius 1 is 1.31 bits per heavy atom. The van der Waals surface area contributed by atoms with E-state index in [1.54, 1.807) is 0 Å². The molecule has 0 aliphatic rings. The highest BCUT2D eigenvalue weighted by Gasteiger charge is 2.41. The Labute approximate surface area is 152 Å². The van der Waals surface area contributed by atoms with Gasteiger partial charge >= 0.3 is 6.18 Å². The van der Waals surface area contributed by atoms with E-state index in [9.17, 15) is 22.7 Å². The Morgan fingerprint density at radius 3 is 2.46 bits per heavy atom. The molecule has 1 N–H and O–H groups in total. The van der Waals surface area contributed by atoms with Crippen molar-refractivity contribution >= 4 is 11.6 Å². The first-order chi connectivity index (χ1) is 12.1. The predicted molar refractivity (Wildman–Crippen MR) is 90.7 cm³/mol. The third-order valence-electron chi connectivity index (χ3n) is 3.50. The van der Waals surface area contributed by atoms with Crippen LogP contribution in [-0.4, -0.2) is 28.8 Å². The van der Waals surface area contributed by atoms with Crippen LogP contribution in [0, 0.1) is 12.7 Å². The molecule has 1 aromatic heterocycles. The predicted octanol–water partition coefficient (Wildman–Crippen LogP) is 4.97. The third-order valence-corrected chi connectivity index (χ3v) is 3.87. The number of ether oxygens (including phenoxy) is 1. The molecule has 1 atom stereocenters. The van der Waals surface area contributed by atoms with Crippen LogP contribution in [0.3, 0.4) is 0 Å². The standard InChI is InChI=1S/C18H16ClF4NO2/c1-10(8-19)9-26-16-11(2)7-14(17(25)18(21,22)23)24-15(16)12-3-5-13(20)6-4-12/h3-7,17,25H,1,8-9H2,2H3. The molecule has 0 amide bonds. The van der Waals surface area contributed by atoms with Gasteiger partial charge in [-0.05, 0) is 48.4 Å². The quantitative estimate of drug-likeness (QED) is 0.431. The van der Waals surface area contributed by atoms with E-state index < -0.39 is 23.8 Å². The van der Waals surface area contributed by atoms with Crippen LogP contribution in [0.15, 0.2) is 42.5 Å². The van der Waals surface area contributed by atoms with Crippen molar-refractivity contribution in [2.45, 2.75) is 19.2 Å². The second-order valence-corrected chi connectivity index (χ2v) is 5.93. The van der Waals surface area contributed by atoms with Crippen LogP contribution in [-0.2, 0) is 0 Å². The molecular formula is C18H16ClF4NO2. The van der Waals surface area contributed by atoms with Crippen LogP contribution >= 0.6 is 11.6 Å². The third kappa shape index (κ3) is 4.74. The monoisotopic (exact) mass is 389 g/mol. The van der Waals surface area contributed by atoms with Crippen LogP contribution < -0.4 is 4.74 Å². The number of halogens is 5. The molecule has 0 saturated heterocycles. The SMILES string of the molecule is C=C(CCl)COc1c(C)cc(C(O)C(F)(F)F)nc1-c1ccc(F)cc1. The molecule has 0 bridgehead atoms. The average Bonchev–Trinajstić information content (AvgIpc) is 2.59. The molecule has 26 heavy (non-hydrogen) atoms. The molecule has 2 aromatic rings. The zero-order valence-electron chi connectivity index (χ0n) is 13.8. The van der Waals surface area contributed by atoms with Gasteiger partial charge in [-0.2, -0.15) is 13.2 Å². The number of aromatic nitrogens is 1. The Kier molecular flexibility index (Phi) is 6.26. The van der Waals surface area contributed by atoms with Crippen molar-refractivity contribution in [3.63, 3.8) is 0 Å². The first kappa shape index (κ1) is 20.2. The van der Waals surface area contributed by atoms with Crippen molar-refractivity contribution in [1.29, 1.82) is 0 Å². The molecule has 8 heteroatoms. The molecule has 3 nitrogen and oxygen atoms in total. The normalized spacial score (nSPS) is 12.7. The summed E-state index contributed by atoms with van der Waals surface area (Å²) >= 11 is 5.65. The van der Waals surface area contributed by atoms with Crippen LogP contribution in [0.2, 0.25) is 0 Å². The van der Waals surface area contributed by atoms with Gasteiger partial charge in [0.05, 0.1) is 5.69 Å². The average molecular weight is 390 g/mol. The molecule has 0 aliphatic heterocycles. The van der Waals surface area contributed by atoms with Crippen molar-refractivity contribution in [2.75, 3.05) is 12.5 Å². The zero-order chi connectivity index (χ0) is 19.5. The number of rotatable bonds is 6. The van der Waals surface area contributed by atoms with E-state index in [0.717, 1.165) is 18.2 Å². The maximum atomic E-state index is 13.2. The van der Waals surface area contributed by atoms with Crippen molar-refractivity contribution in [2.24, 2.45) is 0 Å². The molecule has 1 heterocycles. The van der Waals surface area contributed by atoms with Gasteiger partial charge in [-0.25, -0.2) is 9.37 Å². The lowest BCUT2D eigenvalue weighted by molar-refractivity contribution is -0.207. The van der Waals surface area contributed by atoms with Crippen LogP contribution in [0.1, 0.15) is 17.4 Å². The summed E-state index contributed by atoms with van der Waals surface area (Å²) < 4.78 is 57.4.